The fraction of sp³-hybridized carbons (Fsp3) is 0.889. The quantitative estimate of drug-likeness (QED) is 0.686. The van der Waals surface area contributed by atoms with E-state index in [4.69, 9.17) is 5.11 Å². The minimum atomic E-state index is -3.34. The van der Waals surface area contributed by atoms with Gasteiger partial charge in [0.1, 0.15) is 6.04 Å². The van der Waals surface area contributed by atoms with Gasteiger partial charge in [0.2, 0.25) is 10.0 Å². The van der Waals surface area contributed by atoms with Crippen LogP contribution in [-0.2, 0) is 14.8 Å². The molecule has 88 valence electrons. The highest BCUT2D eigenvalue weighted by atomic mass is 32.2. The van der Waals surface area contributed by atoms with E-state index in [0.29, 0.717) is 19.4 Å². The maximum absolute atomic E-state index is 11.7. The molecule has 0 aliphatic carbocycles. The average molecular weight is 235 g/mol. The van der Waals surface area contributed by atoms with Crippen molar-refractivity contribution in [3.05, 3.63) is 0 Å². The summed E-state index contributed by atoms with van der Waals surface area (Å²) >= 11 is 0. The van der Waals surface area contributed by atoms with Crippen molar-refractivity contribution in [1.82, 2.24) is 4.31 Å². The Morgan fingerprint density at radius 1 is 1.47 bits per heavy atom. The first-order valence-electron chi connectivity index (χ1n) is 5.21. The fourth-order valence-corrected chi connectivity index (χ4v) is 3.37. The Bertz CT molecular complexity index is 325. The van der Waals surface area contributed by atoms with Gasteiger partial charge in [-0.05, 0) is 12.8 Å². The third-order valence-corrected chi connectivity index (χ3v) is 4.57. The Hall–Kier alpha value is -0.620. The van der Waals surface area contributed by atoms with Crippen LogP contribution < -0.4 is 0 Å². The topological polar surface area (TPSA) is 74.7 Å². The first kappa shape index (κ1) is 12.4. The molecule has 1 heterocycles. The smallest absolute Gasteiger partial charge is 0.322 e. The maximum Gasteiger partial charge on any atom is 0.322 e. The number of carboxylic acid groups (broad SMARTS) is 1. The largest absolute Gasteiger partial charge is 0.480 e. The van der Waals surface area contributed by atoms with Gasteiger partial charge < -0.3 is 5.11 Å². The number of carbonyl (C=O) groups is 1. The van der Waals surface area contributed by atoms with E-state index < -0.39 is 22.0 Å². The van der Waals surface area contributed by atoms with Gasteiger partial charge in [0, 0.05) is 6.54 Å². The second kappa shape index (κ2) is 4.94. The van der Waals surface area contributed by atoms with Crippen molar-refractivity contribution in [2.24, 2.45) is 0 Å². The van der Waals surface area contributed by atoms with Gasteiger partial charge in [-0.3, -0.25) is 4.79 Å². The Morgan fingerprint density at radius 3 is 2.53 bits per heavy atom. The molecule has 1 aliphatic heterocycles. The van der Waals surface area contributed by atoms with Crippen LogP contribution in [0.2, 0.25) is 0 Å². The molecule has 0 saturated carbocycles. The minimum absolute atomic E-state index is 0.0740. The van der Waals surface area contributed by atoms with Gasteiger partial charge in [-0.2, -0.15) is 4.31 Å². The molecule has 0 amide bonds. The lowest BCUT2D eigenvalue weighted by Crippen LogP contribution is -2.55. The number of carboxylic acids is 1. The molecule has 1 aliphatic rings. The number of hydrogen-bond donors (Lipinski definition) is 1. The highest BCUT2D eigenvalue weighted by molar-refractivity contribution is 7.89. The monoisotopic (exact) mass is 235 g/mol. The summed E-state index contributed by atoms with van der Waals surface area (Å²) in [7, 11) is -3.34. The first-order valence-corrected chi connectivity index (χ1v) is 6.82. The molecule has 0 radical (unpaired) electrons. The van der Waals surface area contributed by atoms with E-state index in [2.05, 4.69) is 0 Å². The molecule has 0 aromatic carbocycles. The van der Waals surface area contributed by atoms with Crippen LogP contribution >= 0.6 is 0 Å². The Labute approximate surface area is 90.1 Å². The predicted molar refractivity (Wildman–Crippen MR) is 56.1 cm³/mol. The summed E-state index contributed by atoms with van der Waals surface area (Å²) in [5, 5.41) is 8.73. The standard InChI is InChI=1S/C9H17NO4S/c1-2-3-4-7-15(13,14)10-6-5-8(10)9(11)12/h8H,2-7H2,1H3,(H,11,12). The van der Waals surface area contributed by atoms with Crippen molar-refractivity contribution in [2.45, 2.75) is 38.6 Å². The van der Waals surface area contributed by atoms with E-state index in [1.54, 1.807) is 0 Å². The van der Waals surface area contributed by atoms with Crippen LogP contribution in [0.1, 0.15) is 32.6 Å². The normalized spacial score (nSPS) is 22.3. The van der Waals surface area contributed by atoms with Crippen molar-refractivity contribution < 1.29 is 18.3 Å². The summed E-state index contributed by atoms with van der Waals surface area (Å²) in [6, 6.07) is -0.823. The zero-order chi connectivity index (χ0) is 11.5. The third-order valence-electron chi connectivity index (χ3n) is 2.62. The molecule has 1 N–H and O–H groups in total. The lowest BCUT2D eigenvalue weighted by molar-refractivity contribution is -0.144. The van der Waals surface area contributed by atoms with E-state index in [0.717, 1.165) is 17.1 Å². The molecular weight excluding hydrogens is 218 g/mol. The highest BCUT2D eigenvalue weighted by Crippen LogP contribution is 2.22. The summed E-state index contributed by atoms with van der Waals surface area (Å²) in [6.07, 6.45) is 2.87. The summed E-state index contributed by atoms with van der Waals surface area (Å²) in [4.78, 5) is 10.7. The molecular formula is C9H17NO4S. The van der Waals surface area contributed by atoms with Crippen LogP contribution in [0.3, 0.4) is 0 Å². The van der Waals surface area contributed by atoms with Crippen molar-refractivity contribution in [3.8, 4) is 0 Å². The summed E-state index contributed by atoms with van der Waals surface area (Å²) in [6.45, 7) is 2.35. The zero-order valence-corrected chi connectivity index (χ0v) is 9.66. The first-order chi connectivity index (χ1) is 6.99. The molecule has 0 aromatic rings. The van der Waals surface area contributed by atoms with Crippen LogP contribution in [-0.4, -0.2) is 42.1 Å². The van der Waals surface area contributed by atoms with E-state index >= 15 is 0 Å². The average Bonchev–Trinajstić information content (AvgIpc) is 1.99. The van der Waals surface area contributed by atoms with Crippen LogP contribution in [0.4, 0.5) is 0 Å². The van der Waals surface area contributed by atoms with Crippen LogP contribution in [0.25, 0.3) is 0 Å². The van der Waals surface area contributed by atoms with Crippen LogP contribution in [0.15, 0.2) is 0 Å². The molecule has 1 fully saturated rings. The molecule has 0 spiro atoms. The van der Waals surface area contributed by atoms with Gasteiger partial charge in [-0.15, -0.1) is 0 Å². The van der Waals surface area contributed by atoms with E-state index in [1.807, 2.05) is 6.92 Å². The molecule has 0 bridgehead atoms. The Morgan fingerprint density at radius 2 is 2.13 bits per heavy atom. The lowest BCUT2D eigenvalue weighted by Gasteiger charge is -2.36. The second-order valence-corrected chi connectivity index (χ2v) is 5.82. The van der Waals surface area contributed by atoms with E-state index in [-0.39, 0.29) is 5.75 Å². The van der Waals surface area contributed by atoms with Crippen molar-refractivity contribution in [3.63, 3.8) is 0 Å². The summed E-state index contributed by atoms with van der Waals surface area (Å²) in [5.74, 6) is -0.967. The molecule has 1 rings (SSSR count). The number of aliphatic carboxylic acids is 1. The highest BCUT2D eigenvalue weighted by Gasteiger charge is 2.41. The van der Waals surface area contributed by atoms with Gasteiger partial charge in [0.05, 0.1) is 5.75 Å². The summed E-state index contributed by atoms with van der Waals surface area (Å²) < 4.78 is 24.4. The van der Waals surface area contributed by atoms with Crippen LogP contribution in [0, 0.1) is 0 Å². The molecule has 0 aromatic heterocycles. The van der Waals surface area contributed by atoms with Crippen molar-refractivity contribution in [1.29, 1.82) is 0 Å². The number of nitrogens with zero attached hydrogens (tertiary/aromatic N) is 1. The van der Waals surface area contributed by atoms with Crippen LogP contribution in [0.5, 0.6) is 0 Å². The van der Waals surface area contributed by atoms with E-state index in [1.165, 1.54) is 0 Å². The van der Waals surface area contributed by atoms with Gasteiger partial charge in [0.25, 0.3) is 0 Å². The Balaban J connectivity index is 2.51. The van der Waals surface area contributed by atoms with Crippen molar-refractivity contribution in [2.75, 3.05) is 12.3 Å². The number of unbranched alkanes of at least 4 members (excludes halogenated alkanes) is 2. The lowest BCUT2D eigenvalue weighted by atomic mass is 10.1. The molecule has 15 heavy (non-hydrogen) atoms. The van der Waals surface area contributed by atoms with Gasteiger partial charge in [0.15, 0.2) is 0 Å². The molecule has 1 atom stereocenters. The zero-order valence-electron chi connectivity index (χ0n) is 8.85. The van der Waals surface area contributed by atoms with Gasteiger partial charge in [-0.1, -0.05) is 19.8 Å². The molecule has 1 unspecified atom stereocenters. The SMILES string of the molecule is CCCCCS(=O)(=O)N1CCC1C(=O)O. The minimum Gasteiger partial charge on any atom is -0.480 e. The van der Waals surface area contributed by atoms with Gasteiger partial charge in [-0.25, -0.2) is 8.42 Å². The third kappa shape index (κ3) is 2.92. The number of sulfonamides is 1. The predicted octanol–water partition coefficient (Wildman–Crippen LogP) is 0.665. The fourth-order valence-electron chi connectivity index (χ4n) is 1.59. The summed E-state index contributed by atoms with van der Waals surface area (Å²) in [5.41, 5.74) is 0. The van der Waals surface area contributed by atoms with Gasteiger partial charge >= 0.3 is 5.97 Å². The number of hydrogen-bond acceptors (Lipinski definition) is 3. The second-order valence-electron chi connectivity index (χ2n) is 3.78. The van der Waals surface area contributed by atoms with E-state index in [9.17, 15) is 13.2 Å². The maximum atomic E-state index is 11.7. The molecule has 6 heteroatoms. The Kier molecular flexibility index (Phi) is 4.10. The molecule has 1 saturated heterocycles. The number of rotatable bonds is 6. The molecule has 5 nitrogen and oxygen atoms in total. The van der Waals surface area contributed by atoms with Crippen molar-refractivity contribution >= 4 is 16.0 Å².